The molecule has 0 radical (unpaired) electrons. The molecule has 0 fully saturated rings. The first kappa shape index (κ1) is 14.4. The number of rotatable bonds is 3. The molecule has 5 heteroatoms. The number of nitrogens with zero attached hydrogens (tertiary/aromatic N) is 2. The number of carbonyl (C=O) groups excluding carboxylic acids is 1. The Labute approximate surface area is 126 Å². The number of aromatic nitrogens is 1. The minimum absolute atomic E-state index is 0.172. The van der Waals surface area contributed by atoms with Gasteiger partial charge in [0.05, 0.1) is 11.6 Å². The van der Waals surface area contributed by atoms with Gasteiger partial charge in [0.15, 0.2) is 0 Å². The first-order valence-corrected chi connectivity index (χ1v) is 6.99. The van der Waals surface area contributed by atoms with Crippen LogP contribution in [0.1, 0.15) is 35.9 Å². The highest BCUT2D eigenvalue weighted by molar-refractivity contribution is 9.10. The predicted octanol–water partition coefficient (Wildman–Crippen LogP) is 3.96. The topological polar surface area (TPSA) is 57.8 Å². The summed E-state index contributed by atoms with van der Waals surface area (Å²) in [7, 11) is 0. The van der Waals surface area contributed by atoms with E-state index in [1.165, 1.54) is 0 Å². The van der Waals surface area contributed by atoms with Crippen molar-refractivity contribution in [1.29, 1.82) is 5.26 Å². The van der Waals surface area contributed by atoms with E-state index in [2.05, 4.69) is 21.2 Å². The van der Waals surface area contributed by atoms with E-state index in [-0.39, 0.29) is 11.9 Å². The standard InChI is InChI=1S/C15H14BrN3O/c1-10(2)19-9-12(16)7-14(19)15(20)18-13-5-3-11(8-17)4-6-13/h3-7,9-10H,1-2H3,(H,18,20). The second-order valence-corrected chi connectivity index (χ2v) is 5.60. The molecule has 4 nitrogen and oxygen atoms in total. The van der Waals surface area contributed by atoms with Gasteiger partial charge in [0.1, 0.15) is 5.69 Å². The Bertz CT molecular complexity index is 665. The summed E-state index contributed by atoms with van der Waals surface area (Å²) in [6.07, 6.45) is 1.89. The summed E-state index contributed by atoms with van der Waals surface area (Å²) in [5.41, 5.74) is 1.83. The molecule has 2 aromatic rings. The van der Waals surface area contributed by atoms with E-state index in [9.17, 15) is 4.79 Å². The van der Waals surface area contributed by atoms with E-state index in [0.717, 1.165) is 4.47 Å². The van der Waals surface area contributed by atoms with Crippen LogP contribution in [0.5, 0.6) is 0 Å². The molecule has 1 aromatic carbocycles. The number of hydrogen-bond acceptors (Lipinski definition) is 2. The maximum absolute atomic E-state index is 12.3. The number of amides is 1. The molecule has 0 spiro atoms. The molecule has 0 aliphatic rings. The Morgan fingerprint density at radius 1 is 1.35 bits per heavy atom. The molecule has 20 heavy (non-hydrogen) atoms. The molecule has 0 aliphatic heterocycles. The fourth-order valence-corrected chi connectivity index (χ4v) is 2.32. The SMILES string of the molecule is CC(C)n1cc(Br)cc1C(=O)Nc1ccc(C#N)cc1. The number of carbonyl (C=O) groups is 1. The maximum Gasteiger partial charge on any atom is 0.272 e. The summed E-state index contributed by atoms with van der Waals surface area (Å²) in [4.78, 5) is 12.3. The fourth-order valence-electron chi connectivity index (χ4n) is 1.88. The zero-order chi connectivity index (χ0) is 14.7. The lowest BCUT2D eigenvalue weighted by Gasteiger charge is -2.12. The Kier molecular flexibility index (Phi) is 4.26. The van der Waals surface area contributed by atoms with Crippen molar-refractivity contribution in [3.05, 3.63) is 52.3 Å². The summed E-state index contributed by atoms with van der Waals surface area (Å²) < 4.78 is 2.78. The van der Waals surface area contributed by atoms with Crippen LogP contribution in [0.3, 0.4) is 0 Å². The van der Waals surface area contributed by atoms with Crippen LogP contribution in [0.4, 0.5) is 5.69 Å². The van der Waals surface area contributed by atoms with Crippen LogP contribution < -0.4 is 5.32 Å². The van der Waals surface area contributed by atoms with Crippen molar-refractivity contribution >= 4 is 27.5 Å². The normalized spacial score (nSPS) is 10.3. The zero-order valence-electron chi connectivity index (χ0n) is 11.2. The van der Waals surface area contributed by atoms with Crippen molar-refractivity contribution in [2.75, 3.05) is 5.32 Å². The van der Waals surface area contributed by atoms with Gasteiger partial charge < -0.3 is 9.88 Å². The van der Waals surface area contributed by atoms with E-state index in [0.29, 0.717) is 16.9 Å². The monoisotopic (exact) mass is 331 g/mol. The van der Waals surface area contributed by atoms with E-state index in [1.807, 2.05) is 30.7 Å². The molecule has 1 heterocycles. The second-order valence-electron chi connectivity index (χ2n) is 4.69. The average Bonchev–Trinajstić information content (AvgIpc) is 2.82. The first-order valence-electron chi connectivity index (χ1n) is 6.20. The molecule has 0 atom stereocenters. The number of halogens is 1. The quantitative estimate of drug-likeness (QED) is 0.925. The summed E-state index contributed by atoms with van der Waals surface area (Å²) >= 11 is 3.39. The Hall–Kier alpha value is -2.06. The van der Waals surface area contributed by atoms with Gasteiger partial charge in [0.25, 0.3) is 5.91 Å². The lowest BCUT2D eigenvalue weighted by molar-refractivity contribution is 0.101. The number of benzene rings is 1. The largest absolute Gasteiger partial charge is 0.340 e. The Morgan fingerprint density at radius 2 is 2.00 bits per heavy atom. The first-order chi connectivity index (χ1) is 9.51. The molecule has 0 bridgehead atoms. The third-order valence-corrected chi connectivity index (χ3v) is 3.31. The Morgan fingerprint density at radius 3 is 2.55 bits per heavy atom. The smallest absolute Gasteiger partial charge is 0.272 e. The van der Waals surface area contributed by atoms with Gasteiger partial charge in [-0.15, -0.1) is 0 Å². The fraction of sp³-hybridized carbons (Fsp3) is 0.200. The van der Waals surface area contributed by atoms with Crippen LogP contribution in [-0.2, 0) is 0 Å². The number of nitriles is 1. The molecule has 1 aromatic heterocycles. The molecule has 102 valence electrons. The molecular weight excluding hydrogens is 318 g/mol. The van der Waals surface area contributed by atoms with Crippen molar-refractivity contribution in [2.24, 2.45) is 0 Å². The van der Waals surface area contributed by atoms with Gasteiger partial charge in [-0.3, -0.25) is 4.79 Å². The van der Waals surface area contributed by atoms with Crippen molar-refractivity contribution < 1.29 is 4.79 Å². The summed E-state index contributed by atoms with van der Waals surface area (Å²) in [6.45, 7) is 4.04. The van der Waals surface area contributed by atoms with Gasteiger partial charge in [0, 0.05) is 22.4 Å². The highest BCUT2D eigenvalue weighted by atomic mass is 79.9. The molecule has 2 rings (SSSR count). The average molecular weight is 332 g/mol. The van der Waals surface area contributed by atoms with Crippen LogP contribution in [0.25, 0.3) is 0 Å². The van der Waals surface area contributed by atoms with Gasteiger partial charge in [-0.05, 0) is 60.1 Å². The van der Waals surface area contributed by atoms with E-state index in [4.69, 9.17) is 5.26 Å². The van der Waals surface area contributed by atoms with Crippen LogP contribution in [0, 0.1) is 11.3 Å². The zero-order valence-corrected chi connectivity index (χ0v) is 12.8. The molecular formula is C15H14BrN3O. The Balaban J connectivity index is 2.21. The molecule has 0 unspecified atom stereocenters. The molecule has 1 N–H and O–H groups in total. The van der Waals surface area contributed by atoms with Gasteiger partial charge in [0.2, 0.25) is 0 Å². The minimum Gasteiger partial charge on any atom is -0.340 e. The van der Waals surface area contributed by atoms with Crippen LogP contribution >= 0.6 is 15.9 Å². The maximum atomic E-state index is 12.3. The van der Waals surface area contributed by atoms with Crippen LogP contribution in [0.15, 0.2) is 41.0 Å². The summed E-state index contributed by atoms with van der Waals surface area (Å²) in [6, 6.07) is 10.8. The third-order valence-electron chi connectivity index (χ3n) is 2.88. The van der Waals surface area contributed by atoms with Gasteiger partial charge in [-0.25, -0.2) is 0 Å². The minimum atomic E-state index is -0.172. The van der Waals surface area contributed by atoms with E-state index in [1.54, 1.807) is 30.3 Å². The van der Waals surface area contributed by atoms with Crippen LogP contribution in [0.2, 0.25) is 0 Å². The van der Waals surface area contributed by atoms with Crippen molar-refractivity contribution in [1.82, 2.24) is 4.57 Å². The second kappa shape index (κ2) is 5.93. The van der Waals surface area contributed by atoms with E-state index < -0.39 is 0 Å². The molecule has 0 aliphatic carbocycles. The molecule has 0 saturated heterocycles. The highest BCUT2D eigenvalue weighted by Crippen LogP contribution is 2.20. The van der Waals surface area contributed by atoms with Gasteiger partial charge in [-0.1, -0.05) is 0 Å². The van der Waals surface area contributed by atoms with Gasteiger partial charge >= 0.3 is 0 Å². The number of nitrogens with one attached hydrogen (secondary N) is 1. The van der Waals surface area contributed by atoms with Crippen molar-refractivity contribution in [3.63, 3.8) is 0 Å². The van der Waals surface area contributed by atoms with Gasteiger partial charge in [-0.2, -0.15) is 5.26 Å². The predicted molar refractivity (Wildman–Crippen MR) is 81.6 cm³/mol. The van der Waals surface area contributed by atoms with E-state index >= 15 is 0 Å². The molecule has 0 saturated carbocycles. The van der Waals surface area contributed by atoms with Crippen molar-refractivity contribution in [3.8, 4) is 6.07 Å². The van der Waals surface area contributed by atoms with Crippen LogP contribution in [-0.4, -0.2) is 10.5 Å². The lowest BCUT2D eigenvalue weighted by atomic mass is 10.2. The highest BCUT2D eigenvalue weighted by Gasteiger charge is 2.15. The lowest BCUT2D eigenvalue weighted by Crippen LogP contribution is -2.17. The number of anilines is 1. The third kappa shape index (κ3) is 3.09. The van der Waals surface area contributed by atoms with Crippen molar-refractivity contribution in [2.45, 2.75) is 19.9 Å². The summed E-state index contributed by atoms with van der Waals surface area (Å²) in [5.74, 6) is -0.172. The molecule has 1 amide bonds. The number of hydrogen-bond donors (Lipinski definition) is 1. The summed E-state index contributed by atoms with van der Waals surface area (Å²) in [5, 5.41) is 11.6.